The van der Waals surface area contributed by atoms with Crippen molar-refractivity contribution in [2.75, 3.05) is 4.90 Å². The van der Waals surface area contributed by atoms with Gasteiger partial charge in [0, 0.05) is 44.2 Å². The van der Waals surface area contributed by atoms with Crippen molar-refractivity contribution in [1.82, 2.24) is 4.48 Å². The average Bonchev–Trinajstić information content (AvgIpc) is 3.85. The fourth-order valence-corrected chi connectivity index (χ4v) is 15.7. The SMILES string of the molecule is CC1(C)CCC(C)(C)c2cc(N3c4cc5c(c6c4B(C4C3c3cc7c(cc3C4(C)C)C(C)(C)CCC7(C)C)n3c4ccc7ccccc7c4c4cccc-6c43)-c3ccccc3C5(C)C)ccc21. The molecule has 0 radical (unpaired) electrons. The smallest absolute Gasteiger partial charge is 0.303 e. The number of rotatable bonds is 1. The molecule has 2 atom stereocenters. The average molecular weight is 873 g/mol. The maximum atomic E-state index is 2.93. The van der Waals surface area contributed by atoms with Crippen LogP contribution in [0.5, 0.6) is 0 Å². The Balaban J connectivity index is 1.18. The van der Waals surface area contributed by atoms with E-state index in [1.165, 1.54) is 120 Å². The Kier molecular flexibility index (Phi) is 7.48. The molecule has 67 heavy (non-hydrogen) atoms. The highest BCUT2D eigenvalue weighted by Crippen LogP contribution is 2.67. The lowest BCUT2D eigenvalue weighted by Crippen LogP contribution is -2.57. The number of hydrogen-bond donors (Lipinski definition) is 0. The quantitative estimate of drug-likeness (QED) is 0.149. The molecule has 2 aliphatic heterocycles. The minimum Gasteiger partial charge on any atom is -0.379 e. The van der Waals surface area contributed by atoms with Gasteiger partial charge in [0.05, 0.1) is 6.04 Å². The van der Waals surface area contributed by atoms with Gasteiger partial charge in [-0.2, -0.15) is 0 Å². The van der Waals surface area contributed by atoms with Crippen LogP contribution in [0, 0.1) is 0 Å². The maximum absolute atomic E-state index is 2.93. The summed E-state index contributed by atoms with van der Waals surface area (Å²) in [6, 6.07) is 46.8. The van der Waals surface area contributed by atoms with Crippen molar-refractivity contribution < 1.29 is 0 Å². The van der Waals surface area contributed by atoms with Crippen molar-refractivity contribution in [3.05, 3.63) is 160 Å². The third-order valence-corrected chi connectivity index (χ3v) is 19.6. The minimum atomic E-state index is -0.173. The molecule has 0 saturated carbocycles. The van der Waals surface area contributed by atoms with Gasteiger partial charge in [-0.05, 0) is 160 Å². The number of fused-ring (bicyclic) bond motifs is 17. The van der Waals surface area contributed by atoms with Crippen molar-refractivity contribution >= 4 is 56.3 Å². The van der Waals surface area contributed by atoms with E-state index in [9.17, 15) is 0 Å². The lowest BCUT2D eigenvalue weighted by molar-refractivity contribution is 0.331. The third-order valence-electron chi connectivity index (χ3n) is 19.6. The van der Waals surface area contributed by atoms with E-state index in [2.05, 4.69) is 208 Å². The predicted octanol–water partition coefficient (Wildman–Crippen LogP) is 16.2. The topological polar surface area (TPSA) is 8.17 Å². The van der Waals surface area contributed by atoms with Crippen LogP contribution in [0.25, 0.3) is 54.8 Å². The lowest BCUT2D eigenvalue weighted by Gasteiger charge is -2.51. The van der Waals surface area contributed by atoms with Crippen LogP contribution < -0.4 is 10.4 Å². The zero-order chi connectivity index (χ0) is 46.3. The highest BCUT2D eigenvalue weighted by atomic mass is 15.2. The maximum Gasteiger partial charge on any atom is 0.303 e. The number of hydrogen-bond acceptors (Lipinski definition) is 1. The molecule has 2 nitrogen and oxygen atoms in total. The Morgan fingerprint density at radius 3 is 1.87 bits per heavy atom. The van der Waals surface area contributed by atoms with Gasteiger partial charge in [-0.15, -0.1) is 0 Å². The van der Waals surface area contributed by atoms with E-state index in [-0.39, 0.29) is 51.2 Å². The molecule has 0 spiro atoms. The Morgan fingerprint density at radius 2 is 1.12 bits per heavy atom. The predicted molar refractivity (Wildman–Crippen MR) is 286 cm³/mol. The van der Waals surface area contributed by atoms with E-state index in [4.69, 9.17) is 0 Å². The summed E-state index contributed by atoms with van der Waals surface area (Å²) in [5, 5.41) is 5.44. The monoisotopic (exact) mass is 873 g/mol. The highest BCUT2D eigenvalue weighted by Gasteiger charge is 2.62. The summed E-state index contributed by atoms with van der Waals surface area (Å²) in [6.45, 7) is 30.4. The van der Waals surface area contributed by atoms with Crippen LogP contribution in [0.1, 0.15) is 159 Å². The standard InChI is InChI=1S/C64H65BN2/c1-59(2)28-29-60(3,4)46-32-37(25-26-44(46)59)66-51-35-49-53(39-20-15-16-23-43(39)63(49,9)10)54-41-22-17-21-40-52-38-19-14-13-18-36(38)24-27-50(52)67(56(40)41)65(55(51)54)58-57(66)42-33-47-48(34-45(42)64(58,11)12)62(7,8)31-30-61(47,5)6/h13-27,32-35,57-58H,28-31H2,1-12H3. The molecular formula is C64H65BN2. The second kappa shape index (κ2) is 12.4. The molecule has 0 bridgehead atoms. The Morgan fingerprint density at radius 1 is 0.493 bits per heavy atom. The summed E-state index contributed by atoms with van der Waals surface area (Å²) in [7, 11) is 0. The molecule has 2 unspecified atom stereocenters. The molecule has 1 aromatic heterocycles. The van der Waals surface area contributed by atoms with Crippen LogP contribution in [0.4, 0.5) is 11.4 Å². The van der Waals surface area contributed by atoms with Gasteiger partial charge >= 0.3 is 6.85 Å². The molecule has 0 N–H and O–H groups in total. The van der Waals surface area contributed by atoms with Crippen molar-refractivity contribution in [2.24, 2.45) is 0 Å². The van der Waals surface area contributed by atoms with Crippen LogP contribution in [0.2, 0.25) is 5.82 Å². The first-order valence-corrected chi connectivity index (χ1v) is 25.6. The summed E-state index contributed by atoms with van der Waals surface area (Å²) in [5.41, 5.74) is 25.0. The van der Waals surface area contributed by atoms with E-state index in [1.54, 1.807) is 22.3 Å². The highest BCUT2D eigenvalue weighted by molar-refractivity contribution is 6.80. The van der Waals surface area contributed by atoms with Gasteiger partial charge in [0.15, 0.2) is 0 Å². The Hall–Kier alpha value is -5.54. The number of anilines is 2. The Bertz CT molecular complexity index is 3570. The van der Waals surface area contributed by atoms with Crippen molar-refractivity contribution in [1.29, 1.82) is 0 Å². The summed E-state index contributed by atoms with van der Waals surface area (Å²) in [6.07, 6.45) is 4.83. The molecule has 7 aromatic carbocycles. The molecule has 0 fully saturated rings. The second-order valence-electron chi connectivity index (χ2n) is 25.8. The molecule has 3 heterocycles. The molecule has 14 rings (SSSR count). The first kappa shape index (κ1) is 40.5. The van der Waals surface area contributed by atoms with Crippen LogP contribution in [-0.2, 0) is 32.5 Å². The second-order valence-corrected chi connectivity index (χ2v) is 25.8. The fourth-order valence-electron chi connectivity index (χ4n) is 15.7. The largest absolute Gasteiger partial charge is 0.379 e. The normalized spacial score (nSPS) is 23.0. The number of para-hydroxylation sites is 1. The van der Waals surface area contributed by atoms with Crippen LogP contribution in [0.15, 0.2) is 115 Å². The number of nitrogens with zero attached hydrogens (tertiary/aromatic N) is 2. The zero-order valence-corrected chi connectivity index (χ0v) is 41.9. The lowest BCUT2D eigenvalue weighted by atomic mass is 9.36. The summed E-state index contributed by atoms with van der Waals surface area (Å²) < 4.78 is 2.89. The van der Waals surface area contributed by atoms with E-state index >= 15 is 0 Å². The molecule has 334 valence electrons. The van der Waals surface area contributed by atoms with Crippen LogP contribution in [-0.4, -0.2) is 11.3 Å². The van der Waals surface area contributed by atoms with Gasteiger partial charge in [0.25, 0.3) is 0 Å². The molecule has 0 amide bonds. The van der Waals surface area contributed by atoms with E-state index in [0.717, 1.165) is 0 Å². The number of aromatic nitrogens is 1. The van der Waals surface area contributed by atoms with E-state index in [0.29, 0.717) is 0 Å². The molecule has 6 aliphatic rings. The van der Waals surface area contributed by atoms with Gasteiger partial charge in [-0.3, -0.25) is 0 Å². The van der Waals surface area contributed by atoms with Gasteiger partial charge in [-0.25, -0.2) is 0 Å². The fraction of sp³-hybridized carbons (Fsp3) is 0.375. The third kappa shape index (κ3) is 4.85. The zero-order valence-electron chi connectivity index (χ0n) is 41.9. The van der Waals surface area contributed by atoms with E-state index < -0.39 is 0 Å². The van der Waals surface area contributed by atoms with Crippen LogP contribution in [0.3, 0.4) is 0 Å². The first-order valence-electron chi connectivity index (χ1n) is 25.6. The van der Waals surface area contributed by atoms with Crippen molar-refractivity contribution in [2.45, 2.75) is 153 Å². The van der Waals surface area contributed by atoms with E-state index in [1.807, 2.05) is 0 Å². The summed E-state index contributed by atoms with van der Waals surface area (Å²) >= 11 is 0. The Labute approximate surface area is 398 Å². The molecule has 3 heteroatoms. The molecule has 0 saturated heterocycles. The molecular weight excluding hydrogens is 808 g/mol. The minimum absolute atomic E-state index is 0.0818. The first-order chi connectivity index (χ1) is 31.7. The van der Waals surface area contributed by atoms with Crippen molar-refractivity contribution in [3.8, 4) is 22.3 Å². The van der Waals surface area contributed by atoms with Crippen molar-refractivity contribution in [3.63, 3.8) is 0 Å². The van der Waals surface area contributed by atoms with Gasteiger partial charge in [-0.1, -0.05) is 174 Å². The van der Waals surface area contributed by atoms with Gasteiger partial charge < -0.3 is 9.38 Å². The molecule has 8 aromatic rings. The molecule has 4 aliphatic carbocycles. The summed E-state index contributed by atoms with van der Waals surface area (Å²) in [4.78, 5) is 2.93. The number of benzene rings is 7. The summed E-state index contributed by atoms with van der Waals surface area (Å²) in [5.74, 6) is 0.227. The van der Waals surface area contributed by atoms with Gasteiger partial charge in [0.2, 0.25) is 0 Å². The van der Waals surface area contributed by atoms with Gasteiger partial charge in [0.1, 0.15) is 0 Å². The van der Waals surface area contributed by atoms with Crippen LogP contribution >= 0.6 is 0 Å².